The lowest BCUT2D eigenvalue weighted by molar-refractivity contribution is -0.121. The Morgan fingerprint density at radius 1 is 1.15 bits per heavy atom. The molecule has 0 saturated carbocycles. The van der Waals surface area contributed by atoms with Crippen LogP contribution in [-0.2, 0) is 4.79 Å². The molecule has 3 aromatic rings. The van der Waals surface area contributed by atoms with Crippen LogP contribution in [0.3, 0.4) is 0 Å². The van der Waals surface area contributed by atoms with Gasteiger partial charge in [0.05, 0.1) is 5.69 Å². The van der Waals surface area contributed by atoms with Gasteiger partial charge in [0, 0.05) is 31.3 Å². The van der Waals surface area contributed by atoms with Crippen LogP contribution in [0.1, 0.15) is 56.2 Å². The average Bonchev–Trinajstić information content (AvgIpc) is 3.10. The van der Waals surface area contributed by atoms with Crippen LogP contribution in [0.2, 0.25) is 0 Å². The molecule has 0 radical (unpaired) electrons. The smallest absolute Gasteiger partial charge is 0.221 e. The minimum atomic E-state index is -0.390. The first-order valence-electron chi connectivity index (χ1n) is 9.63. The molecule has 0 aliphatic carbocycles. The van der Waals surface area contributed by atoms with E-state index < -0.39 is 0 Å². The number of hydrogen-bond acceptors (Lipinski definition) is 2. The predicted octanol–water partition coefficient (Wildman–Crippen LogP) is 4.69. The third kappa shape index (κ3) is 4.73. The van der Waals surface area contributed by atoms with Gasteiger partial charge in [0.15, 0.2) is 0 Å². The van der Waals surface area contributed by atoms with Crippen LogP contribution in [-0.4, -0.2) is 21.8 Å². The lowest BCUT2D eigenvalue weighted by Crippen LogP contribution is -2.27. The summed E-state index contributed by atoms with van der Waals surface area (Å²) in [5.74, 6) is -0.756. The van der Waals surface area contributed by atoms with Crippen LogP contribution in [0.4, 0.5) is 4.39 Å². The Kier molecular flexibility index (Phi) is 6.58. The summed E-state index contributed by atoms with van der Waals surface area (Å²) in [5, 5.41) is 2.98. The molecule has 0 spiro atoms. The second-order valence-electron chi connectivity index (χ2n) is 6.80. The van der Waals surface area contributed by atoms with Gasteiger partial charge in [0.1, 0.15) is 11.5 Å². The molecule has 1 aromatic carbocycles. The number of imidazole rings is 1. The molecule has 2 aromatic heterocycles. The summed E-state index contributed by atoms with van der Waals surface area (Å²) in [7, 11) is 0. The highest BCUT2D eigenvalue weighted by atomic mass is 19.1. The fourth-order valence-electron chi connectivity index (χ4n) is 3.38. The SMILES string of the molecule is CCCCCCNC(=O)CC(c1ccccc1F)c1cnc2ccccn12. The maximum absolute atomic E-state index is 14.5. The molecule has 1 N–H and O–H groups in total. The van der Waals surface area contributed by atoms with Gasteiger partial charge in [-0.1, -0.05) is 50.5 Å². The van der Waals surface area contributed by atoms with Crippen LogP contribution in [0.15, 0.2) is 54.9 Å². The number of nitrogens with one attached hydrogen (secondary N) is 1. The number of benzene rings is 1. The van der Waals surface area contributed by atoms with Crippen molar-refractivity contribution in [1.29, 1.82) is 0 Å². The minimum absolute atomic E-state index is 0.0642. The topological polar surface area (TPSA) is 46.4 Å². The molecule has 4 nitrogen and oxygen atoms in total. The predicted molar refractivity (Wildman–Crippen MR) is 105 cm³/mol. The Bertz CT molecular complexity index is 890. The van der Waals surface area contributed by atoms with Crippen molar-refractivity contribution in [3.05, 3.63) is 71.9 Å². The van der Waals surface area contributed by atoms with E-state index in [2.05, 4.69) is 17.2 Å². The van der Waals surface area contributed by atoms with E-state index in [1.807, 2.05) is 28.8 Å². The van der Waals surface area contributed by atoms with Gasteiger partial charge in [-0.15, -0.1) is 0 Å². The second-order valence-corrected chi connectivity index (χ2v) is 6.80. The molecule has 2 heterocycles. The number of carbonyl (C=O) groups is 1. The van der Waals surface area contributed by atoms with Gasteiger partial charge in [-0.05, 0) is 30.2 Å². The number of nitrogens with zero attached hydrogens (tertiary/aromatic N) is 2. The van der Waals surface area contributed by atoms with E-state index in [0.29, 0.717) is 12.1 Å². The van der Waals surface area contributed by atoms with Crippen molar-refractivity contribution in [1.82, 2.24) is 14.7 Å². The van der Waals surface area contributed by atoms with Gasteiger partial charge in [-0.2, -0.15) is 0 Å². The number of pyridine rings is 1. The molecule has 0 bridgehead atoms. The van der Waals surface area contributed by atoms with E-state index in [4.69, 9.17) is 0 Å². The number of halogens is 1. The normalized spacial score (nSPS) is 12.2. The molecule has 5 heteroatoms. The number of aromatic nitrogens is 2. The fraction of sp³-hybridized carbons (Fsp3) is 0.364. The number of hydrogen-bond donors (Lipinski definition) is 1. The summed E-state index contributed by atoms with van der Waals surface area (Å²) >= 11 is 0. The quantitative estimate of drug-likeness (QED) is 0.558. The molecule has 1 atom stereocenters. The van der Waals surface area contributed by atoms with Crippen molar-refractivity contribution in [2.24, 2.45) is 0 Å². The van der Waals surface area contributed by atoms with Gasteiger partial charge in [0.25, 0.3) is 0 Å². The Balaban J connectivity index is 1.81. The van der Waals surface area contributed by atoms with Gasteiger partial charge in [-0.25, -0.2) is 9.37 Å². The molecular formula is C22H26FN3O. The van der Waals surface area contributed by atoms with Crippen molar-refractivity contribution < 1.29 is 9.18 Å². The highest BCUT2D eigenvalue weighted by Gasteiger charge is 2.24. The van der Waals surface area contributed by atoms with Crippen molar-refractivity contribution >= 4 is 11.6 Å². The summed E-state index contributed by atoms with van der Waals surface area (Å²) in [6.07, 6.45) is 8.25. The molecule has 1 amide bonds. The number of amides is 1. The number of carbonyl (C=O) groups excluding carboxylic acids is 1. The Hall–Kier alpha value is -2.69. The molecule has 3 rings (SSSR count). The molecule has 0 saturated heterocycles. The van der Waals surface area contributed by atoms with E-state index in [1.54, 1.807) is 24.4 Å². The largest absolute Gasteiger partial charge is 0.356 e. The minimum Gasteiger partial charge on any atom is -0.356 e. The third-order valence-electron chi connectivity index (χ3n) is 4.83. The molecule has 0 aliphatic rings. The summed E-state index contributed by atoms with van der Waals surface area (Å²) < 4.78 is 16.4. The fourth-order valence-corrected chi connectivity index (χ4v) is 3.38. The Morgan fingerprint density at radius 2 is 1.96 bits per heavy atom. The molecule has 0 fully saturated rings. The lowest BCUT2D eigenvalue weighted by atomic mass is 9.92. The summed E-state index contributed by atoms with van der Waals surface area (Å²) in [6.45, 7) is 2.82. The second kappa shape index (κ2) is 9.31. The van der Waals surface area contributed by atoms with Crippen LogP contribution >= 0.6 is 0 Å². The van der Waals surface area contributed by atoms with E-state index in [9.17, 15) is 9.18 Å². The monoisotopic (exact) mass is 367 g/mol. The molecule has 142 valence electrons. The highest BCUT2D eigenvalue weighted by molar-refractivity contribution is 5.77. The number of fused-ring (bicyclic) bond motifs is 1. The summed E-state index contributed by atoms with van der Waals surface area (Å²) in [4.78, 5) is 16.9. The zero-order chi connectivity index (χ0) is 19.1. The lowest BCUT2D eigenvalue weighted by Gasteiger charge is -2.18. The number of unbranched alkanes of at least 4 members (excludes halogenated alkanes) is 3. The highest BCUT2D eigenvalue weighted by Crippen LogP contribution is 2.30. The molecular weight excluding hydrogens is 341 g/mol. The van der Waals surface area contributed by atoms with Crippen molar-refractivity contribution in [3.8, 4) is 0 Å². The molecule has 0 aliphatic heterocycles. The summed E-state index contributed by atoms with van der Waals surface area (Å²) in [6, 6.07) is 12.4. The molecule has 27 heavy (non-hydrogen) atoms. The third-order valence-corrected chi connectivity index (χ3v) is 4.83. The first kappa shape index (κ1) is 19.1. The number of rotatable bonds is 9. The van der Waals surface area contributed by atoms with Gasteiger partial charge >= 0.3 is 0 Å². The van der Waals surface area contributed by atoms with E-state index in [-0.39, 0.29) is 24.1 Å². The van der Waals surface area contributed by atoms with Crippen molar-refractivity contribution in [2.45, 2.75) is 44.9 Å². The average molecular weight is 367 g/mol. The first-order valence-corrected chi connectivity index (χ1v) is 9.63. The maximum Gasteiger partial charge on any atom is 0.221 e. The maximum atomic E-state index is 14.5. The Labute approximate surface area is 159 Å². The standard InChI is InChI=1S/C22H26FN3O/c1-2-3-4-8-13-24-22(27)15-18(17-10-5-6-11-19(17)23)20-16-25-21-12-7-9-14-26(20)21/h5-7,9-12,14,16,18H,2-4,8,13,15H2,1H3,(H,24,27). The Morgan fingerprint density at radius 3 is 2.78 bits per heavy atom. The van der Waals surface area contributed by atoms with Crippen LogP contribution in [0.25, 0.3) is 5.65 Å². The van der Waals surface area contributed by atoms with Gasteiger partial charge in [0.2, 0.25) is 5.91 Å². The molecule has 1 unspecified atom stereocenters. The first-order chi connectivity index (χ1) is 13.2. The van der Waals surface area contributed by atoms with Gasteiger partial charge < -0.3 is 9.72 Å². The zero-order valence-electron chi connectivity index (χ0n) is 15.7. The van der Waals surface area contributed by atoms with E-state index in [1.165, 1.54) is 12.5 Å². The van der Waals surface area contributed by atoms with Crippen LogP contribution in [0.5, 0.6) is 0 Å². The van der Waals surface area contributed by atoms with E-state index in [0.717, 1.165) is 30.6 Å². The zero-order valence-corrected chi connectivity index (χ0v) is 15.7. The van der Waals surface area contributed by atoms with Crippen LogP contribution < -0.4 is 5.32 Å². The van der Waals surface area contributed by atoms with Crippen molar-refractivity contribution in [2.75, 3.05) is 6.54 Å². The van der Waals surface area contributed by atoms with Crippen LogP contribution in [0, 0.1) is 5.82 Å². The summed E-state index contributed by atoms with van der Waals surface area (Å²) in [5.41, 5.74) is 2.12. The van der Waals surface area contributed by atoms with Gasteiger partial charge in [-0.3, -0.25) is 4.79 Å². The van der Waals surface area contributed by atoms with E-state index >= 15 is 0 Å². The van der Waals surface area contributed by atoms with Crippen molar-refractivity contribution in [3.63, 3.8) is 0 Å².